The molecule has 0 aliphatic carbocycles. The molecule has 1 aromatic rings. The van der Waals surface area contributed by atoms with E-state index in [1.54, 1.807) is 6.07 Å². The Labute approximate surface area is 103 Å². The number of halogens is 1. The van der Waals surface area contributed by atoms with Gasteiger partial charge in [-0.1, -0.05) is 0 Å². The van der Waals surface area contributed by atoms with E-state index in [4.69, 9.17) is 0 Å². The van der Waals surface area contributed by atoms with Crippen molar-refractivity contribution in [2.45, 2.75) is 19.8 Å². The second-order valence-corrected chi connectivity index (χ2v) is 5.00. The second kappa shape index (κ2) is 5.50. The minimum atomic E-state index is -0.123. The largest absolute Gasteiger partial charge is 0.375 e. The average Bonchev–Trinajstić information content (AvgIpc) is 2.82. The third-order valence-corrected chi connectivity index (χ3v) is 3.62. The summed E-state index contributed by atoms with van der Waals surface area (Å²) in [4.78, 5) is 2.21. The van der Waals surface area contributed by atoms with E-state index in [2.05, 4.69) is 17.3 Å². The lowest BCUT2D eigenvalue weighted by molar-refractivity contribution is 0.533. The zero-order valence-corrected chi connectivity index (χ0v) is 10.7. The monoisotopic (exact) mass is 236 g/mol. The summed E-state index contributed by atoms with van der Waals surface area (Å²) in [6, 6.07) is 5.33. The first-order chi connectivity index (χ1) is 8.16. The summed E-state index contributed by atoms with van der Waals surface area (Å²) in [6.07, 6.45) is 2.50. The molecule has 1 atom stereocenters. The fourth-order valence-electron chi connectivity index (χ4n) is 2.33. The number of nitrogens with one attached hydrogen (secondary N) is 1. The Morgan fingerprint density at radius 1 is 1.47 bits per heavy atom. The standard InChI is InChI=1S/C14H21FN2/c1-11-9-13(3-4-14(11)15)17(2)8-6-12-5-7-16-10-12/h3-4,9,12,16H,5-8,10H2,1-2H3. The predicted octanol–water partition coefficient (Wildman–Crippen LogP) is 2.57. The van der Waals surface area contributed by atoms with Crippen LogP contribution >= 0.6 is 0 Å². The molecule has 1 aliphatic heterocycles. The third-order valence-electron chi connectivity index (χ3n) is 3.62. The first-order valence-corrected chi connectivity index (χ1v) is 6.35. The number of hydrogen-bond donors (Lipinski definition) is 1. The minimum Gasteiger partial charge on any atom is -0.375 e. The van der Waals surface area contributed by atoms with Crippen molar-refractivity contribution in [1.29, 1.82) is 0 Å². The Morgan fingerprint density at radius 2 is 2.29 bits per heavy atom. The third kappa shape index (κ3) is 3.19. The van der Waals surface area contributed by atoms with Gasteiger partial charge in [-0.05, 0) is 62.5 Å². The lowest BCUT2D eigenvalue weighted by atomic mass is 10.0. The van der Waals surface area contributed by atoms with Gasteiger partial charge in [0, 0.05) is 19.3 Å². The van der Waals surface area contributed by atoms with Crippen molar-refractivity contribution in [3.63, 3.8) is 0 Å². The molecule has 1 N–H and O–H groups in total. The molecule has 17 heavy (non-hydrogen) atoms. The maximum atomic E-state index is 13.2. The van der Waals surface area contributed by atoms with Crippen molar-refractivity contribution in [3.05, 3.63) is 29.6 Å². The summed E-state index contributed by atoms with van der Waals surface area (Å²) in [7, 11) is 2.08. The van der Waals surface area contributed by atoms with Crippen molar-refractivity contribution < 1.29 is 4.39 Å². The molecule has 2 rings (SSSR count). The lowest BCUT2D eigenvalue weighted by Crippen LogP contribution is -2.22. The van der Waals surface area contributed by atoms with Crippen LogP contribution in [0.25, 0.3) is 0 Å². The SMILES string of the molecule is Cc1cc(N(C)CCC2CCNC2)ccc1F. The molecular formula is C14H21FN2. The smallest absolute Gasteiger partial charge is 0.126 e. The van der Waals surface area contributed by atoms with Crippen LogP contribution in [0, 0.1) is 18.7 Å². The Morgan fingerprint density at radius 3 is 2.94 bits per heavy atom. The van der Waals surface area contributed by atoms with Crippen molar-refractivity contribution in [2.75, 3.05) is 31.6 Å². The summed E-state index contributed by atoms with van der Waals surface area (Å²) in [5.74, 6) is 0.682. The van der Waals surface area contributed by atoms with E-state index < -0.39 is 0 Å². The van der Waals surface area contributed by atoms with Crippen LogP contribution in [0.2, 0.25) is 0 Å². The molecule has 0 amide bonds. The van der Waals surface area contributed by atoms with Crippen molar-refractivity contribution in [1.82, 2.24) is 5.32 Å². The fourth-order valence-corrected chi connectivity index (χ4v) is 2.33. The highest BCUT2D eigenvalue weighted by Crippen LogP contribution is 2.19. The van der Waals surface area contributed by atoms with Crippen LogP contribution in [0.15, 0.2) is 18.2 Å². The van der Waals surface area contributed by atoms with E-state index in [-0.39, 0.29) is 5.82 Å². The normalized spacial score (nSPS) is 19.6. The van der Waals surface area contributed by atoms with Gasteiger partial charge in [0.1, 0.15) is 5.82 Å². The van der Waals surface area contributed by atoms with Gasteiger partial charge in [0.05, 0.1) is 0 Å². The predicted molar refractivity (Wildman–Crippen MR) is 70.0 cm³/mol. The van der Waals surface area contributed by atoms with E-state index in [9.17, 15) is 4.39 Å². The van der Waals surface area contributed by atoms with Crippen LogP contribution in [0.4, 0.5) is 10.1 Å². The average molecular weight is 236 g/mol. The van der Waals surface area contributed by atoms with E-state index in [0.29, 0.717) is 0 Å². The summed E-state index contributed by atoms with van der Waals surface area (Å²) < 4.78 is 13.2. The lowest BCUT2D eigenvalue weighted by Gasteiger charge is -2.21. The second-order valence-electron chi connectivity index (χ2n) is 5.00. The van der Waals surface area contributed by atoms with Crippen LogP contribution in [0.1, 0.15) is 18.4 Å². The number of rotatable bonds is 4. The first kappa shape index (κ1) is 12.4. The molecule has 0 aromatic heterocycles. The molecule has 1 heterocycles. The van der Waals surface area contributed by atoms with E-state index in [1.807, 2.05) is 19.1 Å². The molecule has 0 radical (unpaired) electrons. The van der Waals surface area contributed by atoms with Gasteiger partial charge in [0.2, 0.25) is 0 Å². The molecule has 0 bridgehead atoms. The molecule has 0 spiro atoms. The van der Waals surface area contributed by atoms with Crippen molar-refractivity contribution in [2.24, 2.45) is 5.92 Å². The van der Waals surface area contributed by atoms with Gasteiger partial charge < -0.3 is 10.2 Å². The number of benzene rings is 1. The molecule has 1 aliphatic rings. The number of anilines is 1. The fraction of sp³-hybridized carbons (Fsp3) is 0.571. The van der Waals surface area contributed by atoms with Crippen molar-refractivity contribution in [3.8, 4) is 0 Å². The van der Waals surface area contributed by atoms with E-state index in [1.165, 1.54) is 12.8 Å². The number of nitrogens with zero attached hydrogens (tertiary/aromatic N) is 1. The first-order valence-electron chi connectivity index (χ1n) is 6.35. The minimum absolute atomic E-state index is 0.123. The molecule has 1 fully saturated rings. The highest BCUT2D eigenvalue weighted by atomic mass is 19.1. The van der Waals surface area contributed by atoms with Crippen LogP contribution in [0.3, 0.4) is 0 Å². The molecule has 0 saturated carbocycles. The maximum Gasteiger partial charge on any atom is 0.126 e. The maximum absolute atomic E-state index is 13.2. The molecule has 1 aromatic carbocycles. The Kier molecular flexibility index (Phi) is 4.00. The zero-order valence-electron chi connectivity index (χ0n) is 10.7. The van der Waals surface area contributed by atoms with Gasteiger partial charge in [-0.15, -0.1) is 0 Å². The summed E-state index contributed by atoms with van der Waals surface area (Å²) in [5, 5.41) is 3.38. The van der Waals surface area contributed by atoms with Crippen LogP contribution in [-0.4, -0.2) is 26.7 Å². The van der Waals surface area contributed by atoms with Crippen LogP contribution in [0.5, 0.6) is 0 Å². The van der Waals surface area contributed by atoms with Gasteiger partial charge in [0.25, 0.3) is 0 Å². The molecule has 1 unspecified atom stereocenters. The van der Waals surface area contributed by atoms with Gasteiger partial charge in [-0.3, -0.25) is 0 Å². The molecule has 2 nitrogen and oxygen atoms in total. The Hall–Kier alpha value is -1.09. The molecular weight excluding hydrogens is 215 g/mol. The van der Waals surface area contributed by atoms with E-state index >= 15 is 0 Å². The zero-order chi connectivity index (χ0) is 12.3. The Balaban J connectivity index is 1.89. The Bertz CT molecular complexity index is 372. The van der Waals surface area contributed by atoms with Gasteiger partial charge in [-0.2, -0.15) is 0 Å². The highest BCUT2D eigenvalue weighted by molar-refractivity contribution is 5.47. The summed E-state index contributed by atoms with van der Waals surface area (Å²) in [6.45, 7) is 5.16. The summed E-state index contributed by atoms with van der Waals surface area (Å²) in [5.41, 5.74) is 1.83. The molecule has 94 valence electrons. The van der Waals surface area contributed by atoms with Gasteiger partial charge in [0.15, 0.2) is 0 Å². The highest BCUT2D eigenvalue weighted by Gasteiger charge is 2.15. The van der Waals surface area contributed by atoms with Gasteiger partial charge >= 0.3 is 0 Å². The van der Waals surface area contributed by atoms with Crippen molar-refractivity contribution >= 4 is 5.69 Å². The quantitative estimate of drug-likeness (QED) is 0.864. The van der Waals surface area contributed by atoms with Gasteiger partial charge in [-0.25, -0.2) is 4.39 Å². The topological polar surface area (TPSA) is 15.3 Å². The molecule has 1 saturated heterocycles. The van der Waals surface area contributed by atoms with Crippen LogP contribution < -0.4 is 10.2 Å². The number of aryl methyl sites for hydroxylation is 1. The van der Waals surface area contributed by atoms with E-state index in [0.717, 1.165) is 36.8 Å². The summed E-state index contributed by atoms with van der Waals surface area (Å²) >= 11 is 0. The number of hydrogen-bond acceptors (Lipinski definition) is 2. The van der Waals surface area contributed by atoms with Crippen LogP contribution in [-0.2, 0) is 0 Å². The molecule has 3 heteroatoms.